The van der Waals surface area contributed by atoms with E-state index in [4.69, 9.17) is 16.0 Å². The zero-order chi connectivity index (χ0) is 19.7. The number of amides is 4. The third-order valence-electron chi connectivity index (χ3n) is 4.14. The Bertz CT molecular complexity index is 1120. The van der Waals surface area contributed by atoms with Crippen molar-refractivity contribution < 1.29 is 18.8 Å². The second-order valence-electron chi connectivity index (χ2n) is 6.01. The maximum absolute atomic E-state index is 12.8. The lowest BCUT2D eigenvalue weighted by atomic mass is 10.1. The number of hydrogen-bond acceptors (Lipinski definition) is 4. The first kappa shape index (κ1) is 17.8. The standard InChI is InChI=1S/C21H13ClN2O4/c22-14-6-4-5-13(11-14)18-10-9-16(28-18)12-17-19(25)23-21(27)24(20(17)26)15-7-2-1-3-8-15/h1-12H,(H,23,25,27)/b17-12+. The molecule has 0 unspecified atom stereocenters. The van der Waals surface area contributed by atoms with Gasteiger partial charge in [0.05, 0.1) is 5.69 Å². The second-order valence-corrected chi connectivity index (χ2v) is 6.44. The summed E-state index contributed by atoms with van der Waals surface area (Å²) < 4.78 is 5.72. The fourth-order valence-corrected chi connectivity index (χ4v) is 3.03. The van der Waals surface area contributed by atoms with Crippen molar-refractivity contribution in [2.75, 3.05) is 4.90 Å². The van der Waals surface area contributed by atoms with E-state index in [2.05, 4.69) is 5.32 Å². The minimum atomic E-state index is -0.794. The van der Waals surface area contributed by atoms with Gasteiger partial charge in [0, 0.05) is 10.6 Å². The molecule has 0 saturated carbocycles. The summed E-state index contributed by atoms with van der Waals surface area (Å²) >= 11 is 5.99. The molecule has 4 rings (SSSR count). The molecule has 138 valence electrons. The van der Waals surface area contributed by atoms with Gasteiger partial charge in [0.2, 0.25) is 0 Å². The molecule has 0 bridgehead atoms. The molecule has 0 radical (unpaired) electrons. The van der Waals surface area contributed by atoms with Crippen LogP contribution in [0.1, 0.15) is 5.76 Å². The second kappa shape index (κ2) is 7.17. The van der Waals surface area contributed by atoms with Crippen LogP contribution < -0.4 is 10.2 Å². The predicted octanol–water partition coefficient (Wildman–Crippen LogP) is 4.27. The van der Waals surface area contributed by atoms with Gasteiger partial charge in [-0.2, -0.15) is 0 Å². The Morgan fingerprint density at radius 2 is 1.71 bits per heavy atom. The number of furan rings is 1. The predicted molar refractivity (Wildman–Crippen MR) is 105 cm³/mol. The number of carbonyl (C=O) groups excluding carboxylic acids is 3. The lowest BCUT2D eigenvalue weighted by molar-refractivity contribution is -0.122. The number of benzene rings is 2. The van der Waals surface area contributed by atoms with Gasteiger partial charge in [-0.05, 0) is 42.5 Å². The van der Waals surface area contributed by atoms with E-state index in [0.29, 0.717) is 22.2 Å². The van der Waals surface area contributed by atoms with Crippen LogP contribution in [0.25, 0.3) is 17.4 Å². The smallest absolute Gasteiger partial charge is 0.335 e. The Hall–Kier alpha value is -3.64. The zero-order valence-corrected chi connectivity index (χ0v) is 15.1. The lowest BCUT2D eigenvalue weighted by Gasteiger charge is -2.26. The van der Waals surface area contributed by atoms with Gasteiger partial charge in [-0.15, -0.1) is 0 Å². The van der Waals surface area contributed by atoms with Gasteiger partial charge < -0.3 is 4.42 Å². The van der Waals surface area contributed by atoms with Crippen molar-refractivity contribution >= 4 is 41.2 Å². The van der Waals surface area contributed by atoms with Crippen LogP contribution in [-0.2, 0) is 9.59 Å². The monoisotopic (exact) mass is 392 g/mol. The first-order valence-electron chi connectivity index (χ1n) is 8.35. The highest BCUT2D eigenvalue weighted by atomic mass is 35.5. The Morgan fingerprint density at radius 1 is 0.929 bits per heavy atom. The molecule has 28 heavy (non-hydrogen) atoms. The summed E-state index contributed by atoms with van der Waals surface area (Å²) in [5, 5.41) is 2.74. The Morgan fingerprint density at radius 3 is 2.46 bits per heavy atom. The van der Waals surface area contributed by atoms with Crippen molar-refractivity contribution in [1.82, 2.24) is 5.32 Å². The molecule has 4 amide bonds. The van der Waals surface area contributed by atoms with Crippen LogP contribution in [0.15, 0.2) is 76.7 Å². The van der Waals surface area contributed by atoms with Gasteiger partial charge in [0.25, 0.3) is 11.8 Å². The highest BCUT2D eigenvalue weighted by molar-refractivity contribution is 6.39. The molecule has 1 saturated heterocycles. The van der Waals surface area contributed by atoms with Crippen LogP contribution in [0.5, 0.6) is 0 Å². The Kier molecular flexibility index (Phi) is 4.55. The maximum atomic E-state index is 12.8. The number of anilines is 1. The van der Waals surface area contributed by atoms with Crippen LogP contribution >= 0.6 is 11.6 Å². The van der Waals surface area contributed by atoms with E-state index in [1.165, 1.54) is 6.08 Å². The molecule has 1 aliphatic heterocycles. The zero-order valence-electron chi connectivity index (χ0n) is 14.4. The number of barbiturate groups is 1. The van der Waals surface area contributed by atoms with Gasteiger partial charge in [0.15, 0.2) is 0 Å². The topological polar surface area (TPSA) is 79.6 Å². The van der Waals surface area contributed by atoms with Gasteiger partial charge in [0.1, 0.15) is 17.1 Å². The fourth-order valence-electron chi connectivity index (χ4n) is 2.84. The molecule has 1 aliphatic rings. The first-order valence-corrected chi connectivity index (χ1v) is 8.73. The number of nitrogens with zero attached hydrogens (tertiary/aromatic N) is 1. The number of carbonyl (C=O) groups is 3. The number of imide groups is 2. The third-order valence-corrected chi connectivity index (χ3v) is 4.37. The molecule has 1 aromatic heterocycles. The van der Waals surface area contributed by atoms with Crippen LogP contribution in [0, 0.1) is 0 Å². The number of urea groups is 1. The molecular formula is C21H13ClN2O4. The molecular weight excluding hydrogens is 380 g/mol. The van der Waals surface area contributed by atoms with Crippen LogP contribution in [0.3, 0.4) is 0 Å². The third kappa shape index (κ3) is 3.33. The van der Waals surface area contributed by atoms with Crippen LogP contribution in [0.4, 0.5) is 10.5 Å². The van der Waals surface area contributed by atoms with Crippen molar-refractivity contribution in [1.29, 1.82) is 0 Å². The average molecular weight is 393 g/mol. The van der Waals surface area contributed by atoms with Crippen LogP contribution in [0.2, 0.25) is 5.02 Å². The van der Waals surface area contributed by atoms with Gasteiger partial charge in [-0.3, -0.25) is 14.9 Å². The van der Waals surface area contributed by atoms with Crippen LogP contribution in [-0.4, -0.2) is 17.8 Å². The molecule has 7 heteroatoms. The van der Waals surface area contributed by atoms with Crippen molar-refractivity contribution in [3.8, 4) is 11.3 Å². The maximum Gasteiger partial charge on any atom is 0.335 e. The van der Waals surface area contributed by atoms with E-state index in [9.17, 15) is 14.4 Å². The SMILES string of the molecule is O=C1NC(=O)N(c2ccccc2)C(=O)/C1=C/c1ccc(-c2cccc(Cl)c2)o1. The van der Waals surface area contributed by atoms with E-state index in [0.717, 1.165) is 10.5 Å². The number of nitrogens with one attached hydrogen (secondary N) is 1. The van der Waals surface area contributed by atoms with Crippen molar-refractivity contribution in [3.05, 3.63) is 83.1 Å². The molecule has 0 atom stereocenters. The molecule has 6 nitrogen and oxygen atoms in total. The average Bonchev–Trinajstić information content (AvgIpc) is 3.15. The normalized spacial score (nSPS) is 15.8. The van der Waals surface area contributed by atoms with E-state index in [-0.39, 0.29) is 5.57 Å². The van der Waals surface area contributed by atoms with Gasteiger partial charge in [-0.1, -0.05) is 41.9 Å². The number of hydrogen-bond donors (Lipinski definition) is 1. The molecule has 3 aromatic rings. The summed E-state index contributed by atoms with van der Waals surface area (Å²) in [7, 11) is 0. The van der Waals surface area contributed by atoms with E-state index >= 15 is 0 Å². The van der Waals surface area contributed by atoms with E-state index in [1.54, 1.807) is 60.7 Å². The molecule has 0 aliphatic carbocycles. The van der Waals surface area contributed by atoms with Crippen molar-refractivity contribution in [2.24, 2.45) is 0 Å². The summed E-state index contributed by atoms with van der Waals surface area (Å²) in [5.41, 5.74) is 0.926. The highest BCUT2D eigenvalue weighted by Crippen LogP contribution is 2.27. The summed E-state index contributed by atoms with van der Waals surface area (Å²) in [6, 6.07) is 18.0. The molecule has 0 spiro atoms. The fraction of sp³-hybridized carbons (Fsp3) is 0. The number of halogens is 1. The summed E-state index contributed by atoms with van der Waals surface area (Å²) in [6.07, 6.45) is 1.31. The highest BCUT2D eigenvalue weighted by Gasteiger charge is 2.36. The summed E-state index contributed by atoms with van der Waals surface area (Å²) in [6.45, 7) is 0. The number of rotatable bonds is 3. The van der Waals surface area contributed by atoms with Crippen molar-refractivity contribution in [3.63, 3.8) is 0 Å². The molecule has 2 aromatic carbocycles. The molecule has 1 N–H and O–H groups in total. The largest absolute Gasteiger partial charge is 0.457 e. The number of para-hydroxylation sites is 1. The lowest BCUT2D eigenvalue weighted by Crippen LogP contribution is -2.54. The quantitative estimate of drug-likeness (QED) is 0.533. The summed E-state index contributed by atoms with van der Waals surface area (Å²) in [5.74, 6) is -0.659. The van der Waals surface area contributed by atoms with Crippen molar-refractivity contribution in [2.45, 2.75) is 0 Å². The van der Waals surface area contributed by atoms with Gasteiger partial charge in [-0.25, -0.2) is 9.69 Å². The molecule has 1 fully saturated rings. The van der Waals surface area contributed by atoms with Gasteiger partial charge >= 0.3 is 6.03 Å². The minimum Gasteiger partial charge on any atom is -0.457 e. The Labute approximate surface area is 165 Å². The minimum absolute atomic E-state index is 0.199. The molecule has 2 heterocycles. The summed E-state index contributed by atoms with van der Waals surface area (Å²) in [4.78, 5) is 38.1. The van der Waals surface area contributed by atoms with E-state index in [1.807, 2.05) is 6.07 Å². The Balaban J connectivity index is 1.68. The first-order chi connectivity index (χ1) is 13.5. The van der Waals surface area contributed by atoms with E-state index < -0.39 is 17.8 Å².